The number of nitrogens with two attached hydrogens (primary N) is 2. The second-order valence-electron chi connectivity index (χ2n) is 2.83. The van der Waals surface area contributed by atoms with E-state index in [2.05, 4.69) is 0 Å². The molecule has 1 rings (SSSR count). The van der Waals surface area contributed by atoms with Crippen LogP contribution in [0.3, 0.4) is 0 Å². The Morgan fingerprint density at radius 1 is 1.50 bits per heavy atom. The van der Waals surface area contributed by atoms with Crippen molar-refractivity contribution in [2.75, 3.05) is 18.6 Å². The summed E-state index contributed by atoms with van der Waals surface area (Å²) in [4.78, 5) is 10.5. The number of ether oxygens (including phenoxy) is 1. The number of anilines is 2. The lowest BCUT2D eigenvalue weighted by atomic mass is 10.1. The maximum Gasteiger partial charge on any atom is 0.307 e. The number of carboxylic acid groups (broad SMARTS) is 1. The molecule has 0 aliphatic heterocycles. The molecular formula is C9H12N2O3. The molecule has 5 heteroatoms. The number of hydrogen-bond donors (Lipinski definition) is 3. The largest absolute Gasteiger partial charge is 0.494 e. The van der Waals surface area contributed by atoms with Crippen molar-refractivity contribution in [2.45, 2.75) is 6.42 Å². The lowest BCUT2D eigenvalue weighted by molar-refractivity contribution is -0.136. The highest BCUT2D eigenvalue weighted by molar-refractivity contribution is 5.78. The van der Waals surface area contributed by atoms with E-state index >= 15 is 0 Å². The Morgan fingerprint density at radius 3 is 2.64 bits per heavy atom. The Kier molecular flexibility index (Phi) is 2.81. The molecule has 0 unspecified atom stereocenters. The van der Waals surface area contributed by atoms with Gasteiger partial charge in [0.15, 0.2) is 0 Å². The third-order valence-corrected chi connectivity index (χ3v) is 1.86. The first-order valence-electron chi connectivity index (χ1n) is 3.99. The highest BCUT2D eigenvalue weighted by Crippen LogP contribution is 2.31. The molecule has 1 aromatic carbocycles. The fraction of sp³-hybridized carbons (Fsp3) is 0.222. The van der Waals surface area contributed by atoms with Crippen molar-refractivity contribution >= 4 is 17.3 Å². The average Bonchev–Trinajstić information content (AvgIpc) is 2.11. The van der Waals surface area contributed by atoms with E-state index in [9.17, 15) is 4.79 Å². The van der Waals surface area contributed by atoms with Crippen LogP contribution in [-0.2, 0) is 11.2 Å². The number of methoxy groups -OCH3 is 1. The summed E-state index contributed by atoms with van der Waals surface area (Å²) in [7, 11) is 1.43. The maximum absolute atomic E-state index is 10.5. The summed E-state index contributed by atoms with van der Waals surface area (Å²) in [5, 5.41) is 8.62. The Hall–Kier alpha value is -1.91. The van der Waals surface area contributed by atoms with Gasteiger partial charge in [-0.3, -0.25) is 4.79 Å². The van der Waals surface area contributed by atoms with Crippen LogP contribution in [-0.4, -0.2) is 18.2 Å². The first kappa shape index (κ1) is 10.2. The molecule has 0 atom stereocenters. The summed E-state index contributed by atoms with van der Waals surface area (Å²) in [5.74, 6) is -0.597. The smallest absolute Gasteiger partial charge is 0.307 e. The van der Waals surface area contributed by atoms with Gasteiger partial charge in [-0.05, 0) is 6.07 Å². The van der Waals surface area contributed by atoms with Crippen molar-refractivity contribution in [2.24, 2.45) is 0 Å². The fourth-order valence-corrected chi connectivity index (χ4v) is 1.20. The highest BCUT2D eigenvalue weighted by atomic mass is 16.5. The molecule has 5 nitrogen and oxygen atoms in total. The number of aliphatic carboxylic acids is 1. The first-order chi connectivity index (χ1) is 6.56. The molecule has 0 amide bonds. The van der Waals surface area contributed by atoms with Crippen LogP contribution in [0.1, 0.15) is 5.56 Å². The second-order valence-corrected chi connectivity index (χ2v) is 2.83. The van der Waals surface area contributed by atoms with Crippen molar-refractivity contribution in [3.05, 3.63) is 17.7 Å². The number of rotatable bonds is 3. The molecule has 0 saturated carbocycles. The van der Waals surface area contributed by atoms with E-state index in [4.69, 9.17) is 21.3 Å². The normalized spacial score (nSPS) is 9.79. The van der Waals surface area contributed by atoms with E-state index in [0.717, 1.165) is 0 Å². The predicted molar refractivity (Wildman–Crippen MR) is 53.2 cm³/mol. The van der Waals surface area contributed by atoms with E-state index in [-0.39, 0.29) is 12.1 Å². The average molecular weight is 196 g/mol. The van der Waals surface area contributed by atoms with Gasteiger partial charge < -0.3 is 21.3 Å². The molecule has 0 saturated heterocycles. The maximum atomic E-state index is 10.5. The summed E-state index contributed by atoms with van der Waals surface area (Å²) >= 11 is 0. The topological polar surface area (TPSA) is 98.6 Å². The molecule has 0 radical (unpaired) electrons. The lowest BCUT2D eigenvalue weighted by Gasteiger charge is -2.11. The van der Waals surface area contributed by atoms with Crippen LogP contribution in [0.25, 0.3) is 0 Å². The first-order valence-corrected chi connectivity index (χ1v) is 3.99. The summed E-state index contributed by atoms with van der Waals surface area (Å²) in [6.07, 6.45) is -0.131. The summed E-state index contributed by atoms with van der Waals surface area (Å²) in [6, 6.07) is 3.16. The Bertz CT molecular complexity index is 363. The van der Waals surface area contributed by atoms with Gasteiger partial charge >= 0.3 is 5.97 Å². The van der Waals surface area contributed by atoms with Crippen LogP contribution >= 0.6 is 0 Å². The highest BCUT2D eigenvalue weighted by Gasteiger charge is 2.12. The summed E-state index contributed by atoms with van der Waals surface area (Å²) in [6.45, 7) is 0. The van der Waals surface area contributed by atoms with E-state index in [1.54, 1.807) is 12.1 Å². The zero-order valence-electron chi connectivity index (χ0n) is 7.78. The number of hydrogen-bond acceptors (Lipinski definition) is 4. The number of nitrogen functional groups attached to an aromatic ring is 2. The van der Waals surface area contributed by atoms with Gasteiger partial charge in [0.1, 0.15) is 5.75 Å². The number of benzene rings is 1. The quantitative estimate of drug-likeness (QED) is 0.611. The third-order valence-electron chi connectivity index (χ3n) is 1.86. The lowest BCUT2D eigenvalue weighted by Crippen LogP contribution is -2.06. The molecular weight excluding hydrogens is 184 g/mol. The van der Waals surface area contributed by atoms with Crippen molar-refractivity contribution < 1.29 is 14.6 Å². The van der Waals surface area contributed by atoms with Gasteiger partial charge in [0.25, 0.3) is 0 Å². The van der Waals surface area contributed by atoms with Crippen LogP contribution in [0, 0.1) is 0 Å². The van der Waals surface area contributed by atoms with Gasteiger partial charge in [-0.15, -0.1) is 0 Å². The predicted octanol–water partition coefficient (Wildman–Crippen LogP) is 0.487. The van der Waals surface area contributed by atoms with Gasteiger partial charge in [-0.2, -0.15) is 0 Å². The summed E-state index contributed by atoms with van der Waals surface area (Å²) < 4.78 is 4.99. The van der Waals surface area contributed by atoms with Crippen molar-refractivity contribution in [3.8, 4) is 5.75 Å². The molecule has 76 valence electrons. The molecule has 1 aromatic rings. The summed E-state index contributed by atoms with van der Waals surface area (Å²) in [5.41, 5.74) is 12.4. The molecule has 0 aliphatic carbocycles. The Labute approximate surface area is 81.3 Å². The zero-order chi connectivity index (χ0) is 10.7. The Morgan fingerprint density at radius 2 is 2.14 bits per heavy atom. The zero-order valence-corrected chi connectivity index (χ0v) is 7.78. The van der Waals surface area contributed by atoms with Crippen LogP contribution in [0.5, 0.6) is 5.75 Å². The Balaban J connectivity index is 3.17. The van der Waals surface area contributed by atoms with Gasteiger partial charge in [0.2, 0.25) is 0 Å². The van der Waals surface area contributed by atoms with E-state index in [1.807, 2.05) is 0 Å². The molecule has 0 aromatic heterocycles. The SMILES string of the molecule is COc1c(CC(=O)O)ccc(N)c1N. The molecule has 14 heavy (non-hydrogen) atoms. The standard InChI is InChI=1S/C9H12N2O3/c1-14-9-5(4-7(12)13)2-3-6(10)8(9)11/h2-3H,4,10-11H2,1H3,(H,12,13). The van der Waals surface area contributed by atoms with Crippen molar-refractivity contribution in [1.29, 1.82) is 0 Å². The monoisotopic (exact) mass is 196 g/mol. The molecule has 0 aliphatic rings. The molecule has 0 fully saturated rings. The fourth-order valence-electron chi connectivity index (χ4n) is 1.20. The molecule has 5 N–H and O–H groups in total. The van der Waals surface area contributed by atoms with Gasteiger partial charge in [-0.1, -0.05) is 6.07 Å². The third kappa shape index (κ3) is 1.87. The molecule has 0 bridgehead atoms. The minimum atomic E-state index is -0.938. The van der Waals surface area contributed by atoms with Crippen LogP contribution in [0.4, 0.5) is 11.4 Å². The molecule has 0 spiro atoms. The molecule has 0 heterocycles. The second kappa shape index (κ2) is 3.87. The van der Waals surface area contributed by atoms with Gasteiger partial charge in [-0.25, -0.2) is 0 Å². The number of carboxylic acids is 1. The van der Waals surface area contributed by atoms with E-state index in [1.165, 1.54) is 7.11 Å². The van der Waals surface area contributed by atoms with Crippen LogP contribution in [0.2, 0.25) is 0 Å². The minimum Gasteiger partial charge on any atom is -0.494 e. The van der Waals surface area contributed by atoms with Crippen molar-refractivity contribution in [3.63, 3.8) is 0 Å². The van der Waals surface area contributed by atoms with Gasteiger partial charge in [0.05, 0.1) is 24.9 Å². The number of carbonyl (C=O) groups is 1. The van der Waals surface area contributed by atoms with Crippen LogP contribution < -0.4 is 16.2 Å². The van der Waals surface area contributed by atoms with Gasteiger partial charge in [0, 0.05) is 5.56 Å². The minimum absolute atomic E-state index is 0.131. The van der Waals surface area contributed by atoms with E-state index < -0.39 is 5.97 Å². The van der Waals surface area contributed by atoms with E-state index in [0.29, 0.717) is 17.0 Å². The van der Waals surface area contributed by atoms with Crippen LogP contribution in [0.15, 0.2) is 12.1 Å². The van der Waals surface area contributed by atoms with Crippen molar-refractivity contribution in [1.82, 2.24) is 0 Å².